The molecule has 0 aliphatic rings. The highest BCUT2D eigenvalue weighted by Gasteiger charge is 2.13. The second-order valence-corrected chi connectivity index (χ2v) is 6.96. The van der Waals surface area contributed by atoms with Crippen molar-refractivity contribution < 1.29 is 34.4 Å². The first-order valence-electron chi connectivity index (χ1n) is 5.68. The van der Waals surface area contributed by atoms with Crippen LogP contribution in [0.4, 0.5) is 13.2 Å². The van der Waals surface area contributed by atoms with Crippen LogP contribution in [0.5, 0.6) is 0 Å². The summed E-state index contributed by atoms with van der Waals surface area (Å²) in [6.45, 7) is 0.599. The minimum absolute atomic E-state index is 0.00313. The Labute approximate surface area is 121 Å². The van der Waals surface area contributed by atoms with E-state index in [0.29, 0.717) is 0 Å². The predicted octanol–water partition coefficient (Wildman–Crippen LogP) is 1.61. The zero-order valence-electron chi connectivity index (χ0n) is 10.7. The highest BCUT2D eigenvalue weighted by Crippen LogP contribution is 1.95. The monoisotopic (exact) mass is 379 g/mol. The predicted molar refractivity (Wildman–Crippen MR) is 66.9 cm³/mol. The zero-order chi connectivity index (χ0) is 14.3. The van der Waals surface area contributed by atoms with Gasteiger partial charge in [0.1, 0.15) is 0 Å². The van der Waals surface area contributed by atoms with Crippen molar-refractivity contribution >= 4 is 0 Å². The lowest BCUT2D eigenvalue weighted by atomic mass is 10.2. The molecule has 0 atom stereocenters. The quantitative estimate of drug-likeness (QED) is 0.696. The van der Waals surface area contributed by atoms with Crippen molar-refractivity contribution in [2.24, 2.45) is 0 Å². The smallest absolute Gasteiger partial charge is 0.174 e. The van der Waals surface area contributed by atoms with Crippen molar-refractivity contribution in [3.8, 4) is 0 Å². The second-order valence-electron chi connectivity index (χ2n) is 3.93. The molecule has 0 saturated carbocycles. The van der Waals surface area contributed by atoms with Gasteiger partial charge in [0.25, 0.3) is 0 Å². The van der Waals surface area contributed by atoms with Gasteiger partial charge in [-0.3, -0.25) is 0 Å². The van der Waals surface area contributed by atoms with E-state index in [9.17, 15) is 13.2 Å². The van der Waals surface area contributed by atoms with Crippen LogP contribution in [0.3, 0.4) is 0 Å². The summed E-state index contributed by atoms with van der Waals surface area (Å²) in [5, 5.41) is 0. The van der Waals surface area contributed by atoms with E-state index in [2.05, 4.69) is 62.4 Å². The highest BCUT2D eigenvalue weighted by atomic mass is 127. The molecule has 0 N–H and O–H groups in total. The van der Waals surface area contributed by atoms with Gasteiger partial charge >= 0.3 is 27.9 Å². The molecule has 19 heavy (non-hydrogen) atoms. The van der Waals surface area contributed by atoms with Crippen molar-refractivity contribution in [2.75, 3.05) is 0 Å². The fourth-order valence-corrected chi connectivity index (χ4v) is 3.48. The number of halogens is 4. The molecule has 0 unspecified atom stereocenters. The Morgan fingerprint density at radius 3 is 1.21 bits per heavy atom. The molecule has 2 rings (SSSR count). The molecule has 0 fully saturated rings. The first kappa shape index (κ1) is 16.0. The lowest BCUT2D eigenvalue weighted by Gasteiger charge is -1.90. The second kappa shape index (κ2) is 8.19. The Morgan fingerprint density at radius 1 is 0.684 bits per heavy atom. The summed E-state index contributed by atoms with van der Waals surface area (Å²) in [5.74, 6) is 0. The van der Waals surface area contributed by atoms with Crippen molar-refractivity contribution in [3.05, 3.63) is 66.8 Å². The van der Waals surface area contributed by atoms with Crippen LogP contribution in [0.1, 0.15) is 11.1 Å². The van der Waals surface area contributed by atoms with Gasteiger partial charge in [-0.05, 0) is 38.1 Å². The van der Waals surface area contributed by atoms with Crippen LogP contribution in [-0.4, -0.2) is 6.68 Å². The normalized spacial score (nSPS) is 10.0. The largest absolute Gasteiger partial charge is 0.379 e. The molecule has 0 aliphatic heterocycles. The molecule has 0 aromatic heterocycles. The number of alkyl halides is 3. The molecule has 4 heteroatoms. The Hall–Kier alpha value is -1.04. The van der Waals surface area contributed by atoms with Gasteiger partial charge in [-0.25, -0.2) is 0 Å². The van der Waals surface area contributed by atoms with E-state index in [-0.39, 0.29) is 21.2 Å². The summed E-state index contributed by atoms with van der Waals surface area (Å²) in [5.41, 5.74) is 2.68. The van der Waals surface area contributed by atoms with Crippen LogP contribution in [-0.2, 0) is 0 Å². The summed E-state index contributed by atoms with van der Waals surface area (Å²) in [7, 11) is 0. The minimum atomic E-state index is -3.67. The van der Waals surface area contributed by atoms with E-state index in [1.807, 2.05) is 0 Å². The summed E-state index contributed by atoms with van der Waals surface area (Å²) in [4.78, 5) is 0. The van der Waals surface area contributed by atoms with Gasteiger partial charge in [0.15, 0.2) is 7.14 Å². The van der Waals surface area contributed by atoms with Crippen LogP contribution < -0.4 is 21.2 Å². The fourth-order valence-electron chi connectivity index (χ4n) is 1.32. The Kier molecular flexibility index (Phi) is 6.91. The zero-order valence-corrected chi connectivity index (χ0v) is 12.9. The average Bonchev–Trinajstić information content (AvgIpc) is 2.34. The van der Waals surface area contributed by atoms with Crippen molar-refractivity contribution in [3.63, 3.8) is 0 Å². The molecule has 2 aromatic rings. The maximum absolute atomic E-state index is 9.67. The Morgan fingerprint density at radius 2 is 0.947 bits per heavy atom. The number of hydrogen-bond donors (Lipinski definition) is 0. The van der Waals surface area contributed by atoms with Gasteiger partial charge in [0, 0.05) is 0 Å². The van der Waals surface area contributed by atoms with Crippen LogP contribution in [0.2, 0.25) is 0 Å². The third-order valence-electron chi connectivity index (χ3n) is 2.24. The fraction of sp³-hybridized carbons (Fsp3) is 0.200. The molecule has 0 radical (unpaired) electrons. The van der Waals surface area contributed by atoms with Gasteiger partial charge in [-0.2, -0.15) is 13.2 Å². The van der Waals surface area contributed by atoms with Crippen LogP contribution >= 0.6 is 0 Å². The third-order valence-corrected chi connectivity index (χ3v) is 4.92. The summed E-state index contributed by atoms with van der Waals surface area (Å²) in [6, 6.07) is 17.8. The molecule has 0 amide bonds. The van der Waals surface area contributed by atoms with Crippen LogP contribution in [0, 0.1) is 21.0 Å². The molecule has 0 spiro atoms. The van der Waals surface area contributed by atoms with Crippen LogP contribution in [0.15, 0.2) is 48.5 Å². The minimum Gasteiger partial charge on any atom is -0.174 e. The Balaban J connectivity index is 0.000000399. The standard InChI is InChI=1S/C14H14I.CHF3/c1-11-3-7-13(8-4-11)15-14-9-5-12(2)6-10-14;2-1(3)4/h3-10H,1-2H3;1H/q+1;. The number of hydrogen-bond acceptors (Lipinski definition) is 0. The third kappa shape index (κ3) is 7.20. The molecular weight excluding hydrogens is 364 g/mol. The maximum Gasteiger partial charge on any atom is 0.379 e. The number of rotatable bonds is 2. The molecule has 0 nitrogen and oxygen atoms in total. The molecular formula is C15H15F3I+. The van der Waals surface area contributed by atoms with Gasteiger partial charge in [-0.15, -0.1) is 0 Å². The van der Waals surface area contributed by atoms with Crippen LogP contribution in [0.25, 0.3) is 0 Å². The summed E-state index contributed by atoms with van der Waals surface area (Å²) < 4.78 is 32.0. The molecule has 2 aromatic carbocycles. The van der Waals surface area contributed by atoms with E-state index in [4.69, 9.17) is 0 Å². The Bertz CT molecular complexity index is 431. The molecule has 0 heterocycles. The number of aryl methyl sites for hydroxylation is 2. The molecule has 0 bridgehead atoms. The van der Waals surface area contributed by atoms with Gasteiger partial charge < -0.3 is 0 Å². The van der Waals surface area contributed by atoms with Gasteiger partial charge in [0.2, 0.25) is 0 Å². The molecule has 0 saturated heterocycles. The first-order valence-corrected chi connectivity index (χ1v) is 7.83. The van der Waals surface area contributed by atoms with E-state index in [1.54, 1.807) is 0 Å². The van der Waals surface area contributed by atoms with Gasteiger partial charge in [0.05, 0.1) is 0 Å². The summed E-state index contributed by atoms with van der Waals surface area (Å²) in [6.07, 6.45) is 0. The summed E-state index contributed by atoms with van der Waals surface area (Å²) >= 11 is 0.00313. The van der Waals surface area contributed by atoms with Crippen molar-refractivity contribution in [1.29, 1.82) is 0 Å². The van der Waals surface area contributed by atoms with E-state index >= 15 is 0 Å². The van der Waals surface area contributed by atoms with Crippen molar-refractivity contribution in [2.45, 2.75) is 20.5 Å². The topological polar surface area (TPSA) is 0 Å². The average molecular weight is 379 g/mol. The lowest BCUT2D eigenvalue weighted by molar-refractivity contribution is -0.597. The molecule has 102 valence electrons. The van der Waals surface area contributed by atoms with E-state index in [0.717, 1.165) is 0 Å². The van der Waals surface area contributed by atoms with Gasteiger partial charge in [-0.1, -0.05) is 35.4 Å². The van der Waals surface area contributed by atoms with E-state index < -0.39 is 6.68 Å². The van der Waals surface area contributed by atoms with Crippen molar-refractivity contribution in [1.82, 2.24) is 0 Å². The molecule has 0 aliphatic carbocycles. The van der Waals surface area contributed by atoms with E-state index in [1.165, 1.54) is 18.3 Å². The highest BCUT2D eigenvalue weighted by molar-refractivity contribution is 5.13. The first-order chi connectivity index (χ1) is 8.97. The SMILES string of the molecule is Cc1ccc([I+]c2ccc(C)cc2)cc1.FC(F)F. The lowest BCUT2D eigenvalue weighted by Crippen LogP contribution is -3.61. The maximum atomic E-state index is 9.67. The number of benzene rings is 2.